The standard InChI is InChI=1S/C35H25N5O10/c41-16-6-1-11-21-26-27-22(31(11)36(16)46)12-2-7-18(43)38(48)33(12)24-14-4-9-20(45)40(50)35(14)25-15-5-10-19(44)39(49)34(15)23(28(26)30(25)29(24)27)13-3-8-17(42)37(47)32(13)21/h46-50H,1-10H2. The molecule has 0 aliphatic carbocycles. The summed E-state index contributed by atoms with van der Waals surface area (Å²) in [4.78, 5) is 66.1. The lowest BCUT2D eigenvalue weighted by Crippen LogP contribution is -2.35. The highest BCUT2D eigenvalue weighted by Crippen LogP contribution is 2.64. The van der Waals surface area contributed by atoms with E-state index in [1.807, 2.05) is 0 Å². The van der Waals surface area contributed by atoms with E-state index in [4.69, 9.17) is 0 Å². The number of anilines is 5. The van der Waals surface area contributed by atoms with Crippen LogP contribution in [-0.4, -0.2) is 55.6 Å². The zero-order valence-electron chi connectivity index (χ0n) is 26.1. The zero-order chi connectivity index (χ0) is 34.4. The molecule has 5 N–H and O–H groups in total. The highest BCUT2D eigenvalue weighted by atomic mass is 16.5. The van der Waals surface area contributed by atoms with E-state index >= 15 is 0 Å². The lowest BCUT2D eigenvalue weighted by Gasteiger charge is -2.34. The van der Waals surface area contributed by atoms with E-state index in [-0.39, 0.29) is 92.6 Å². The van der Waals surface area contributed by atoms with Crippen LogP contribution in [0.4, 0.5) is 28.4 Å². The average molecular weight is 676 g/mol. The number of amides is 5. The Balaban J connectivity index is 1.56. The van der Waals surface area contributed by atoms with Gasteiger partial charge in [-0.2, -0.15) is 25.3 Å². The van der Waals surface area contributed by atoms with Gasteiger partial charge in [0.05, 0.1) is 28.4 Å². The first kappa shape index (κ1) is 28.4. The van der Waals surface area contributed by atoms with Crippen LogP contribution in [0.25, 0.3) is 53.9 Å². The first-order valence-corrected chi connectivity index (χ1v) is 16.5. The van der Waals surface area contributed by atoms with Crippen molar-refractivity contribution in [3.05, 3.63) is 27.8 Å². The maximum absolute atomic E-state index is 13.2. The third-order valence-electron chi connectivity index (χ3n) is 11.8. The van der Waals surface area contributed by atoms with Gasteiger partial charge in [0.15, 0.2) is 0 Å². The normalized spacial score (nSPS) is 19.7. The molecule has 250 valence electrons. The summed E-state index contributed by atoms with van der Waals surface area (Å²) in [6, 6.07) is 0. The molecule has 0 saturated carbocycles. The molecule has 0 bridgehead atoms. The summed E-state index contributed by atoms with van der Waals surface area (Å²) in [6.45, 7) is 0. The minimum atomic E-state index is -0.585. The van der Waals surface area contributed by atoms with E-state index in [0.717, 1.165) is 0 Å². The number of carbonyl (C=O) groups excluding carboxylic acids is 5. The SMILES string of the molecule is O=C1CCc2c(c3c4c(c5c6c(c7c8c(c9c%10c(c2c2c3c5c7c92)N(O)C(=O)CC%10)N(O)C(=O)CC8)N(O)C(=O)CC6)N(O)C(=O)CC4)N1O. The number of benzene rings is 5. The third-order valence-corrected chi connectivity index (χ3v) is 11.8. The van der Waals surface area contributed by atoms with Crippen LogP contribution in [0.5, 0.6) is 0 Å². The van der Waals surface area contributed by atoms with Gasteiger partial charge in [0, 0.05) is 86.0 Å². The van der Waals surface area contributed by atoms with Crippen molar-refractivity contribution >= 4 is 112 Å². The lowest BCUT2D eigenvalue weighted by molar-refractivity contribution is -0.124. The number of aryl methyl sites for hydroxylation is 5. The molecular weight excluding hydrogens is 650 g/mol. The number of fused-ring (bicyclic) bond motifs is 15. The molecule has 5 aliphatic rings. The number of hydroxylamine groups is 5. The largest absolute Gasteiger partial charge is 0.281 e. The van der Waals surface area contributed by atoms with Crippen molar-refractivity contribution in [2.24, 2.45) is 0 Å². The van der Waals surface area contributed by atoms with Crippen molar-refractivity contribution < 1.29 is 50.0 Å². The van der Waals surface area contributed by atoms with Gasteiger partial charge in [0.25, 0.3) is 29.5 Å². The molecule has 5 amide bonds. The maximum Gasteiger partial charge on any atom is 0.251 e. The van der Waals surface area contributed by atoms with Crippen molar-refractivity contribution in [3.8, 4) is 0 Å². The highest BCUT2D eigenvalue weighted by molar-refractivity contribution is 6.52. The van der Waals surface area contributed by atoms with Crippen molar-refractivity contribution in [2.75, 3.05) is 25.3 Å². The molecule has 6 aromatic carbocycles. The number of hydrogen-bond donors (Lipinski definition) is 5. The zero-order valence-corrected chi connectivity index (χ0v) is 26.1. The van der Waals surface area contributed by atoms with Crippen LogP contribution in [0, 0.1) is 0 Å². The van der Waals surface area contributed by atoms with Gasteiger partial charge in [-0.05, 0) is 59.9 Å². The van der Waals surface area contributed by atoms with Gasteiger partial charge in [0.2, 0.25) is 0 Å². The first-order valence-electron chi connectivity index (χ1n) is 16.5. The first-order chi connectivity index (χ1) is 24.0. The molecule has 0 aromatic heterocycles. The van der Waals surface area contributed by atoms with Crippen molar-refractivity contribution in [3.63, 3.8) is 0 Å². The molecular formula is C35H25N5O10. The van der Waals surface area contributed by atoms with E-state index in [2.05, 4.69) is 0 Å². The molecule has 15 heteroatoms. The summed E-state index contributed by atoms with van der Waals surface area (Å²) in [5, 5.41) is 65.4. The fourth-order valence-corrected chi connectivity index (χ4v) is 9.98. The van der Waals surface area contributed by atoms with Gasteiger partial charge < -0.3 is 0 Å². The molecule has 6 aromatic rings. The summed E-state index contributed by atoms with van der Waals surface area (Å²) in [5.74, 6) is -2.92. The van der Waals surface area contributed by atoms with Crippen molar-refractivity contribution in [1.82, 2.24) is 0 Å². The Labute approximate surface area is 279 Å². The third kappa shape index (κ3) is 2.89. The van der Waals surface area contributed by atoms with Crippen LogP contribution in [0.2, 0.25) is 0 Å². The van der Waals surface area contributed by atoms with Gasteiger partial charge >= 0.3 is 0 Å². The Hall–Kier alpha value is -5.45. The minimum absolute atomic E-state index is 0.0906. The summed E-state index contributed by atoms with van der Waals surface area (Å²) in [7, 11) is 0. The van der Waals surface area contributed by atoms with Gasteiger partial charge in [-0.25, -0.2) is 0 Å². The number of rotatable bonds is 0. The van der Waals surface area contributed by atoms with E-state index in [1.54, 1.807) is 0 Å². The van der Waals surface area contributed by atoms with Crippen LogP contribution in [0.3, 0.4) is 0 Å². The highest BCUT2D eigenvalue weighted by Gasteiger charge is 2.45. The Morgan fingerprint density at radius 1 is 0.260 bits per heavy atom. The molecule has 0 atom stereocenters. The summed E-state index contributed by atoms with van der Waals surface area (Å²) in [6.07, 6.45) is 0.156. The Morgan fingerprint density at radius 3 is 0.580 bits per heavy atom. The second-order valence-corrected chi connectivity index (χ2v) is 13.9. The Morgan fingerprint density at radius 2 is 0.420 bits per heavy atom. The van der Waals surface area contributed by atoms with E-state index in [0.29, 0.717) is 107 Å². The Kier molecular flexibility index (Phi) is 5.01. The summed E-state index contributed by atoms with van der Waals surface area (Å²) < 4.78 is 0. The van der Waals surface area contributed by atoms with Crippen LogP contribution >= 0.6 is 0 Å². The molecule has 5 aliphatic heterocycles. The fraction of sp³-hybridized carbons (Fsp3) is 0.286. The topological polar surface area (TPSA) is 203 Å². The number of carbonyl (C=O) groups is 5. The predicted molar refractivity (Wildman–Crippen MR) is 175 cm³/mol. The van der Waals surface area contributed by atoms with Gasteiger partial charge in [0.1, 0.15) is 0 Å². The fourth-order valence-electron chi connectivity index (χ4n) is 9.98. The molecule has 0 fully saturated rings. The minimum Gasteiger partial charge on any atom is -0.281 e. The van der Waals surface area contributed by atoms with E-state index in [9.17, 15) is 50.0 Å². The van der Waals surface area contributed by atoms with Crippen LogP contribution in [0.15, 0.2) is 0 Å². The van der Waals surface area contributed by atoms with E-state index in [1.165, 1.54) is 0 Å². The average Bonchev–Trinajstić information content (AvgIpc) is 3.45. The quantitative estimate of drug-likeness (QED) is 0.115. The van der Waals surface area contributed by atoms with Crippen molar-refractivity contribution in [1.29, 1.82) is 0 Å². The maximum atomic E-state index is 13.2. The molecule has 0 saturated heterocycles. The molecule has 0 unspecified atom stereocenters. The molecule has 50 heavy (non-hydrogen) atoms. The predicted octanol–water partition coefficient (Wildman–Crippen LogP) is 4.11. The molecule has 11 rings (SSSR count). The van der Waals surface area contributed by atoms with Crippen LogP contribution < -0.4 is 25.3 Å². The monoisotopic (exact) mass is 675 g/mol. The van der Waals surface area contributed by atoms with Gasteiger partial charge in [-0.3, -0.25) is 50.0 Å². The number of hydrogen-bond acceptors (Lipinski definition) is 10. The molecule has 15 nitrogen and oxygen atoms in total. The second-order valence-electron chi connectivity index (χ2n) is 13.9. The van der Waals surface area contributed by atoms with Crippen LogP contribution in [-0.2, 0) is 56.1 Å². The summed E-state index contributed by atoms with van der Waals surface area (Å²) in [5.41, 5.74) is 2.93. The van der Waals surface area contributed by atoms with Crippen molar-refractivity contribution in [2.45, 2.75) is 64.2 Å². The Bertz CT molecular complexity index is 2250. The second kappa shape index (κ2) is 8.82. The van der Waals surface area contributed by atoms with E-state index < -0.39 is 29.5 Å². The van der Waals surface area contributed by atoms with Gasteiger partial charge in [-0.15, -0.1) is 0 Å². The lowest BCUT2D eigenvalue weighted by atomic mass is 9.81. The molecule has 0 radical (unpaired) electrons. The van der Waals surface area contributed by atoms with Gasteiger partial charge in [-0.1, -0.05) is 0 Å². The summed E-state index contributed by atoms with van der Waals surface area (Å²) >= 11 is 0. The smallest absolute Gasteiger partial charge is 0.251 e. The molecule has 5 heterocycles. The molecule has 0 spiro atoms. The van der Waals surface area contributed by atoms with Crippen LogP contribution in [0.1, 0.15) is 59.9 Å². The number of nitrogens with zero attached hydrogens (tertiary/aromatic N) is 5.